The summed E-state index contributed by atoms with van der Waals surface area (Å²) in [5.41, 5.74) is 2.00. The zero-order valence-corrected chi connectivity index (χ0v) is 15.5. The first-order chi connectivity index (χ1) is 12.1. The minimum atomic E-state index is 0.0884. The Bertz CT molecular complexity index is 603. The maximum absolute atomic E-state index is 12.8. The molecular formula is C21H30N2O2. The second-order valence-corrected chi connectivity index (χ2v) is 7.73. The Morgan fingerprint density at radius 2 is 1.48 bits per heavy atom. The van der Waals surface area contributed by atoms with Crippen molar-refractivity contribution in [2.45, 2.75) is 51.9 Å². The van der Waals surface area contributed by atoms with Gasteiger partial charge in [-0.3, -0.25) is 9.59 Å². The summed E-state index contributed by atoms with van der Waals surface area (Å²) in [5.74, 6) is 1.10. The van der Waals surface area contributed by atoms with Gasteiger partial charge < -0.3 is 9.80 Å². The molecule has 0 radical (unpaired) electrons. The van der Waals surface area contributed by atoms with Crippen molar-refractivity contribution in [3.05, 3.63) is 35.4 Å². The topological polar surface area (TPSA) is 40.6 Å². The highest BCUT2D eigenvalue weighted by atomic mass is 16.2. The second-order valence-electron chi connectivity index (χ2n) is 7.73. The maximum atomic E-state index is 12.8. The number of nitrogens with zero attached hydrogens (tertiary/aromatic N) is 2. The number of hydrogen-bond acceptors (Lipinski definition) is 2. The summed E-state index contributed by atoms with van der Waals surface area (Å²) in [6, 6.07) is 7.96. The van der Waals surface area contributed by atoms with Crippen LogP contribution in [0.15, 0.2) is 24.3 Å². The van der Waals surface area contributed by atoms with Gasteiger partial charge in [0.2, 0.25) is 5.91 Å². The first kappa shape index (κ1) is 18.0. The van der Waals surface area contributed by atoms with E-state index in [9.17, 15) is 9.59 Å². The van der Waals surface area contributed by atoms with Gasteiger partial charge in [0.1, 0.15) is 0 Å². The highest BCUT2D eigenvalue weighted by Gasteiger charge is 2.29. The number of rotatable bonds is 3. The third-order valence-electron chi connectivity index (χ3n) is 5.62. The van der Waals surface area contributed by atoms with Crippen molar-refractivity contribution in [3.63, 3.8) is 0 Å². The number of amides is 2. The largest absolute Gasteiger partial charge is 0.341 e. The molecule has 0 spiro atoms. The maximum Gasteiger partial charge on any atom is 0.253 e. The molecule has 136 valence electrons. The minimum Gasteiger partial charge on any atom is -0.341 e. The van der Waals surface area contributed by atoms with Crippen LogP contribution < -0.4 is 0 Å². The van der Waals surface area contributed by atoms with E-state index < -0.39 is 0 Å². The number of benzene rings is 1. The van der Waals surface area contributed by atoms with Gasteiger partial charge in [0.15, 0.2) is 0 Å². The van der Waals surface area contributed by atoms with Crippen LogP contribution in [-0.2, 0) is 4.79 Å². The first-order valence-corrected chi connectivity index (χ1v) is 9.74. The van der Waals surface area contributed by atoms with Crippen LogP contribution in [0, 0.1) is 5.92 Å². The molecule has 1 aliphatic carbocycles. The van der Waals surface area contributed by atoms with Crippen LogP contribution in [0.25, 0.3) is 0 Å². The number of carbonyl (C=O) groups is 2. The lowest BCUT2D eigenvalue weighted by Crippen LogP contribution is -2.39. The minimum absolute atomic E-state index is 0.0884. The molecule has 2 aliphatic rings. The smallest absolute Gasteiger partial charge is 0.253 e. The van der Waals surface area contributed by atoms with E-state index in [0.29, 0.717) is 24.9 Å². The molecule has 1 aromatic carbocycles. The summed E-state index contributed by atoms with van der Waals surface area (Å²) in [4.78, 5) is 29.3. The molecule has 2 amide bonds. The summed E-state index contributed by atoms with van der Waals surface area (Å²) < 4.78 is 0. The van der Waals surface area contributed by atoms with Crippen molar-refractivity contribution in [1.82, 2.24) is 9.80 Å². The fraction of sp³-hybridized carbons (Fsp3) is 0.619. The van der Waals surface area contributed by atoms with Gasteiger partial charge in [-0.1, -0.05) is 38.8 Å². The van der Waals surface area contributed by atoms with E-state index in [1.807, 2.05) is 34.1 Å². The van der Waals surface area contributed by atoms with Gasteiger partial charge in [0.25, 0.3) is 5.91 Å². The Hall–Kier alpha value is -1.84. The van der Waals surface area contributed by atoms with Crippen molar-refractivity contribution in [2.75, 3.05) is 26.2 Å². The molecule has 0 unspecified atom stereocenters. The molecule has 0 atom stereocenters. The lowest BCUT2D eigenvalue weighted by Gasteiger charge is -2.24. The summed E-state index contributed by atoms with van der Waals surface area (Å²) in [7, 11) is 0. The Morgan fingerprint density at radius 1 is 0.880 bits per heavy atom. The molecule has 4 heteroatoms. The molecule has 3 rings (SSSR count). The average Bonchev–Trinajstić information content (AvgIpc) is 3.05. The molecule has 25 heavy (non-hydrogen) atoms. The van der Waals surface area contributed by atoms with Crippen molar-refractivity contribution in [1.29, 1.82) is 0 Å². The van der Waals surface area contributed by atoms with Gasteiger partial charge in [0.05, 0.1) is 0 Å². The third kappa shape index (κ3) is 4.23. The van der Waals surface area contributed by atoms with E-state index in [4.69, 9.17) is 0 Å². The van der Waals surface area contributed by atoms with Gasteiger partial charge in [-0.15, -0.1) is 0 Å². The highest BCUT2D eigenvalue weighted by Crippen LogP contribution is 2.27. The van der Waals surface area contributed by atoms with Gasteiger partial charge in [-0.05, 0) is 42.9 Å². The van der Waals surface area contributed by atoms with E-state index in [0.717, 1.165) is 37.9 Å². The van der Waals surface area contributed by atoms with Crippen molar-refractivity contribution < 1.29 is 9.59 Å². The zero-order valence-electron chi connectivity index (χ0n) is 15.5. The zero-order chi connectivity index (χ0) is 17.8. The monoisotopic (exact) mass is 342 g/mol. The van der Waals surface area contributed by atoms with Gasteiger partial charge in [0, 0.05) is 37.7 Å². The summed E-state index contributed by atoms with van der Waals surface area (Å²) in [5, 5.41) is 0. The molecule has 2 fully saturated rings. The standard InChI is InChI=1S/C21H30N2O2/c1-16(2)17-8-10-19(11-9-17)21(25)23-13-5-12-22(14-15-23)20(24)18-6-3-4-7-18/h8-11,16,18H,3-7,12-15H2,1-2H3. The molecule has 0 bridgehead atoms. The molecule has 1 heterocycles. The molecule has 0 aromatic heterocycles. The van der Waals surface area contributed by atoms with E-state index in [1.54, 1.807) is 0 Å². The van der Waals surface area contributed by atoms with E-state index >= 15 is 0 Å². The lowest BCUT2D eigenvalue weighted by atomic mass is 10.0. The quantitative estimate of drug-likeness (QED) is 0.841. The molecule has 1 saturated heterocycles. The van der Waals surface area contributed by atoms with Crippen LogP contribution >= 0.6 is 0 Å². The van der Waals surface area contributed by atoms with Crippen molar-refractivity contribution >= 4 is 11.8 Å². The van der Waals surface area contributed by atoms with E-state index in [2.05, 4.69) is 13.8 Å². The second kappa shape index (κ2) is 8.03. The van der Waals surface area contributed by atoms with Gasteiger partial charge >= 0.3 is 0 Å². The normalized spacial score (nSPS) is 19.3. The van der Waals surface area contributed by atoms with Gasteiger partial charge in [-0.25, -0.2) is 0 Å². The predicted octanol–water partition coefficient (Wildman–Crippen LogP) is 3.67. The Kier molecular flexibility index (Phi) is 5.77. The molecule has 1 aromatic rings. The molecular weight excluding hydrogens is 312 g/mol. The third-order valence-corrected chi connectivity index (χ3v) is 5.62. The van der Waals surface area contributed by atoms with E-state index in [1.165, 1.54) is 18.4 Å². The van der Waals surface area contributed by atoms with Crippen LogP contribution in [0.5, 0.6) is 0 Å². The van der Waals surface area contributed by atoms with Crippen LogP contribution in [0.2, 0.25) is 0 Å². The molecule has 0 N–H and O–H groups in total. The fourth-order valence-corrected chi connectivity index (χ4v) is 3.97. The highest BCUT2D eigenvalue weighted by molar-refractivity contribution is 5.94. The number of carbonyl (C=O) groups excluding carboxylic acids is 2. The number of hydrogen-bond donors (Lipinski definition) is 0. The molecule has 1 aliphatic heterocycles. The van der Waals surface area contributed by atoms with Crippen molar-refractivity contribution in [3.8, 4) is 0 Å². The van der Waals surface area contributed by atoms with Crippen LogP contribution in [0.4, 0.5) is 0 Å². The summed E-state index contributed by atoms with van der Waals surface area (Å²) in [6.07, 6.45) is 5.32. The first-order valence-electron chi connectivity index (χ1n) is 9.74. The summed E-state index contributed by atoms with van der Waals surface area (Å²) in [6.45, 7) is 7.14. The average molecular weight is 342 g/mol. The molecule has 4 nitrogen and oxygen atoms in total. The van der Waals surface area contributed by atoms with E-state index in [-0.39, 0.29) is 11.8 Å². The summed E-state index contributed by atoms with van der Waals surface area (Å²) >= 11 is 0. The molecule has 1 saturated carbocycles. The van der Waals surface area contributed by atoms with Crippen LogP contribution in [0.3, 0.4) is 0 Å². The Balaban J connectivity index is 1.60. The van der Waals surface area contributed by atoms with Crippen LogP contribution in [-0.4, -0.2) is 47.8 Å². The SMILES string of the molecule is CC(C)c1ccc(C(=O)N2CCCN(C(=O)C3CCCC3)CC2)cc1. The van der Waals surface area contributed by atoms with Crippen LogP contribution in [0.1, 0.15) is 67.8 Å². The fourth-order valence-electron chi connectivity index (χ4n) is 3.97. The van der Waals surface area contributed by atoms with Gasteiger partial charge in [-0.2, -0.15) is 0 Å². The predicted molar refractivity (Wildman–Crippen MR) is 99.6 cm³/mol. The lowest BCUT2D eigenvalue weighted by molar-refractivity contribution is -0.135. The Morgan fingerprint density at radius 3 is 2.12 bits per heavy atom. The Labute approximate surface area is 151 Å². The van der Waals surface area contributed by atoms with Crippen molar-refractivity contribution in [2.24, 2.45) is 5.92 Å².